The van der Waals surface area contributed by atoms with Gasteiger partial charge >= 0.3 is 5.97 Å². The van der Waals surface area contributed by atoms with Crippen molar-refractivity contribution in [2.75, 3.05) is 19.8 Å². The number of unbranched alkanes of at least 4 members (excludes halogenated alkanes) is 5. The third kappa shape index (κ3) is 10.6. The summed E-state index contributed by atoms with van der Waals surface area (Å²) in [5.41, 5.74) is 2.23. The van der Waals surface area contributed by atoms with Crippen molar-refractivity contribution in [1.82, 2.24) is 0 Å². The van der Waals surface area contributed by atoms with Crippen molar-refractivity contribution in [1.29, 1.82) is 0 Å². The number of ether oxygens (including phenoxy) is 4. The van der Waals surface area contributed by atoms with E-state index in [1.54, 1.807) is 6.92 Å². The van der Waals surface area contributed by atoms with Crippen LogP contribution in [0.25, 0.3) is 11.1 Å². The summed E-state index contributed by atoms with van der Waals surface area (Å²) in [4.78, 5) is 12.0. The molecule has 0 radical (unpaired) electrons. The molecule has 0 aliphatic carbocycles. The fourth-order valence-electron chi connectivity index (χ4n) is 3.46. The highest BCUT2D eigenvalue weighted by atomic mass is 16.6. The normalized spacial score (nSPS) is 12.7. The molecule has 0 aliphatic rings. The summed E-state index contributed by atoms with van der Waals surface area (Å²) in [6.07, 6.45) is 7.53. The highest BCUT2D eigenvalue weighted by Gasteiger charge is 2.18. The molecule has 34 heavy (non-hydrogen) atoms. The molecule has 0 fully saturated rings. The minimum atomic E-state index is -0.561. The maximum Gasteiger partial charge on any atom is 0.335 e. The molecule has 2 aromatic carbocycles. The maximum atomic E-state index is 12.0. The lowest BCUT2D eigenvalue weighted by molar-refractivity contribution is -0.162. The first-order chi connectivity index (χ1) is 16.5. The average Bonchev–Trinajstić information content (AvgIpc) is 2.86. The van der Waals surface area contributed by atoms with Crippen LogP contribution < -0.4 is 9.47 Å². The van der Waals surface area contributed by atoms with Gasteiger partial charge in [0.05, 0.1) is 6.61 Å². The van der Waals surface area contributed by atoms with Crippen LogP contribution in [0.1, 0.15) is 72.6 Å². The van der Waals surface area contributed by atoms with Gasteiger partial charge in [0.2, 0.25) is 0 Å². The third-order valence-corrected chi connectivity index (χ3v) is 5.51. The fourth-order valence-corrected chi connectivity index (χ4v) is 3.46. The molecule has 0 aromatic heterocycles. The summed E-state index contributed by atoms with van der Waals surface area (Å²) < 4.78 is 22.4. The molecule has 0 saturated carbocycles. The van der Waals surface area contributed by atoms with Crippen molar-refractivity contribution in [2.45, 2.75) is 84.8 Å². The Balaban J connectivity index is 1.72. The zero-order valence-electron chi connectivity index (χ0n) is 21.4. The zero-order valence-corrected chi connectivity index (χ0v) is 21.4. The van der Waals surface area contributed by atoms with Gasteiger partial charge < -0.3 is 18.9 Å². The van der Waals surface area contributed by atoms with Crippen LogP contribution in [0.5, 0.6) is 11.5 Å². The average molecular weight is 471 g/mol. The Kier molecular flexibility index (Phi) is 13.2. The Morgan fingerprint density at radius 2 is 1.26 bits per heavy atom. The molecule has 2 aromatic rings. The number of benzene rings is 2. The standard InChI is InChI=1S/C29H42O5/c1-5-7-8-9-10-11-21-32-27-16-12-25(13-17-27)26-14-18-28(19-15-26)33-22-23(3)34-29(30)24(4)31-20-6-2/h12-19,23-24H,5-11,20-22H2,1-4H3. The summed E-state index contributed by atoms with van der Waals surface area (Å²) in [5, 5.41) is 0. The van der Waals surface area contributed by atoms with Gasteiger partial charge in [0.15, 0.2) is 6.10 Å². The minimum Gasteiger partial charge on any atom is -0.494 e. The monoisotopic (exact) mass is 470 g/mol. The predicted molar refractivity (Wildman–Crippen MR) is 138 cm³/mol. The molecule has 0 heterocycles. The molecule has 0 spiro atoms. The van der Waals surface area contributed by atoms with Crippen LogP contribution in [0, 0.1) is 0 Å². The van der Waals surface area contributed by atoms with Crippen LogP contribution in [-0.2, 0) is 14.3 Å². The molecule has 5 heteroatoms. The second-order valence-electron chi connectivity index (χ2n) is 8.74. The van der Waals surface area contributed by atoms with E-state index in [-0.39, 0.29) is 18.7 Å². The summed E-state index contributed by atoms with van der Waals surface area (Å²) in [6, 6.07) is 16.1. The first-order valence-electron chi connectivity index (χ1n) is 12.8. The lowest BCUT2D eigenvalue weighted by atomic mass is 10.1. The summed E-state index contributed by atoms with van der Waals surface area (Å²) >= 11 is 0. The molecule has 2 unspecified atom stereocenters. The van der Waals surface area contributed by atoms with Crippen LogP contribution in [-0.4, -0.2) is 38.0 Å². The molecule has 0 amide bonds. The van der Waals surface area contributed by atoms with Gasteiger partial charge in [-0.25, -0.2) is 4.79 Å². The topological polar surface area (TPSA) is 54.0 Å². The van der Waals surface area contributed by atoms with Gasteiger partial charge in [0.1, 0.15) is 24.2 Å². The lowest BCUT2D eigenvalue weighted by Crippen LogP contribution is -2.30. The number of hydrogen-bond donors (Lipinski definition) is 0. The van der Waals surface area contributed by atoms with Crippen molar-refractivity contribution in [3.63, 3.8) is 0 Å². The smallest absolute Gasteiger partial charge is 0.335 e. The zero-order chi connectivity index (χ0) is 24.6. The van der Waals surface area contributed by atoms with E-state index in [0.29, 0.717) is 6.61 Å². The van der Waals surface area contributed by atoms with E-state index in [9.17, 15) is 4.79 Å². The first kappa shape index (κ1) is 27.7. The second-order valence-corrected chi connectivity index (χ2v) is 8.74. The van der Waals surface area contributed by atoms with Crippen LogP contribution >= 0.6 is 0 Å². The number of hydrogen-bond acceptors (Lipinski definition) is 5. The van der Waals surface area contributed by atoms with Crippen molar-refractivity contribution in [3.05, 3.63) is 48.5 Å². The van der Waals surface area contributed by atoms with E-state index in [2.05, 4.69) is 19.1 Å². The number of carbonyl (C=O) groups excluding carboxylic acids is 1. The van der Waals surface area contributed by atoms with Crippen molar-refractivity contribution >= 4 is 5.97 Å². The fraction of sp³-hybridized carbons (Fsp3) is 0.552. The van der Waals surface area contributed by atoms with E-state index in [1.165, 1.54) is 32.1 Å². The Morgan fingerprint density at radius 1 is 0.706 bits per heavy atom. The van der Waals surface area contributed by atoms with Crippen LogP contribution in [0.4, 0.5) is 0 Å². The SMILES string of the molecule is CCCCCCCCOc1ccc(-c2ccc(OCC(C)OC(=O)C(C)OCCC)cc2)cc1. The molecule has 0 saturated heterocycles. The molecule has 2 rings (SSSR count). The minimum absolute atomic E-state index is 0.288. The first-order valence-corrected chi connectivity index (χ1v) is 12.8. The van der Waals surface area contributed by atoms with Crippen molar-refractivity contribution in [3.8, 4) is 22.6 Å². The van der Waals surface area contributed by atoms with Crippen LogP contribution in [0.2, 0.25) is 0 Å². The Hall–Kier alpha value is -2.53. The molecule has 188 valence electrons. The Morgan fingerprint density at radius 3 is 1.85 bits per heavy atom. The molecule has 0 N–H and O–H groups in total. The lowest BCUT2D eigenvalue weighted by Gasteiger charge is -2.17. The predicted octanol–water partition coefficient (Wildman–Crippen LogP) is 7.22. The van der Waals surface area contributed by atoms with E-state index in [4.69, 9.17) is 18.9 Å². The van der Waals surface area contributed by atoms with Gasteiger partial charge in [-0.05, 0) is 62.1 Å². The highest BCUT2D eigenvalue weighted by Crippen LogP contribution is 2.25. The molecule has 2 atom stereocenters. The number of carbonyl (C=O) groups is 1. The highest BCUT2D eigenvalue weighted by molar-refractivity contribution is 5.74. The van der Waals surface area contributed by atoms with Crippen molar-refractivity contribution in [2.24, 2.45) is 0 Å². The van der Waals surface area contributed by atoms with Gasteiger partial charge in [-0.15, -0.1) is 0 Å². The van der Waals surface area contributed by atoms with Gasteiger partial charge in [-0.1, -0.05) is 70.2 Å². The van der Waals surface area contributed by atoms with Gasteiger partial charge in [0.25, 0.3) is 0 Å². The third-order valence-electron chi connectivity index (χ3n) is 5.51. The van der Waals surface area contributed by atoms with Gasteiger partial charge in [0, 0.05) is 6.61 Å². The van der Waals surface area contributed by atoms with E-state index in [0.717, 1.165) is 42.1 Å². The van der Waals surface area contributed by atoms with E-state index < -0.39 is 6.10 Å². The number of esters is 1. The van der Waals surface area contributed by atoms with E-state index >= 15 is 0 Å². The quantitative estimate of drug-likeness (QED) is 0.180. The van der Waals surface area contributed by atoms with Crippen LogP contribution in [0.3, 0.4) is 0 Å². The van der Waals surface area contributed by atoms with Gasteiger partial charge in [-0.3, -0.25) is 0 Å². The molecular formula is C29H42O5. The second kappa shape index (κ2) is 16.2. The number of rotatable bonds is 17. The van der Waals surface area contributed by atoms with Crippen molar-refractivity contribution < 1.29 is 23.7 Å². The maximum absolute atomic E-state index is 12.0. The molecule has 5 nitrogen and oxygen atoms in total. The molecule has 0 bridgehead atoms. The summed E-state index contributed by atoms with van der Waals surface area (Å²) in [7, 11) is 0. The summed E-state index contributed by atoms with van der Waals surface area (Å²) in [5.74, 6) is 1.29. The van der Waals surface area contributed by atoms with Gasteiger partial charge in [-0.2, -0.15) is 0 Å². The Bertz CT molecular complexity index is 800. The van der Waals surface area contributed by atoms with Crippen LogP contribution in [0.15, 0.2) is 48.5 Å². The Labute approximate surface area is 205 Å². The largest absolute Gasteiger partial charge is 0.494 e. The van der Waals surface area contributed by atoms with E-state index in [1.807, 2.05) is 50.2 Å². The summed E-state index contributed by atoms with van der Waals surface area (Å²) in [6.45, 7) is 9.37. The molecular weight excluding hydrogens is 428 g/mol. The molecule has 0 aliphatic heterocycles.